The summed E-state index contributed by atoms with van der Waals surface area (Å²) in [5.41, 5.74) is 7.41. The number of hydrogen-bond donors (Lipinski definition) is 1. The van der Waals surface area contributed by atoms with Crippen LogP contribution in [-0.2, 0) is 16.0 Å². The zero-order chi connectivity index (χ0) is 20.4. The van der Waals surface area contributed by atoms with Gasteiger partial charge < -0.3 is 5.73 Å². The molecule has 0 aromatic heterocycles. The zero-order valence-electron chi connectivity index (χ0n) is 14.8. The molecule has 0 bridgehead atoms. The molecular weight excluding hydrogens is 417 g/mol. The van der Waals surface area contributed by atoms with Crippen LogP contribution in [0.1, 0.15) is 11.1 Å². The van der Waals surface area contributed by atoms with Crippen molar-refractivity contribution < 1.29 is 9.59 Å². The van der Waals surface area contributed by atoms with E-state index in [-0.39, 0.29) is 16.5 Å². The Bertz CT molecular complexity index is 1030. The van der Waals surface area contributed by atoms with Crippen molar-refractivity contribution in [3.8, 4) is 6.07 Å². The highest BCUT2D eigenvalue weighted by Gasteiger charge is 2.40. The topological polar surface area (TPSA) is 87.2 Å². The van der Waals surface area contributed by atoms with E-state index < -0.39 is 11.2 Å². The van der Waals surface area contributed by atoms with Gasteiger partial charge in [-0.2, -0.15) is 5.26 Å². The van der Waals surface area contributed by atoms with Crippen LogP contribution < -0.4 is 10.6 Å². The molecule has 5 nitrogen and oxygen atoms in total. The monoisotopic (exact) mass is 431 g/mol. The number of benzene rings is 2. The van der Waals surface area contributed by atoms with E-state index in [1.54, 1.807) is 30.3 Å². The van der Waals surface area contributed by atoms with Crippen molar-refractivity contribution in [2.75, 3.05) is 4.90 Å². The summed E-state index contributed by atoms with van der Waals surface area (Å²) in [4.78, 5) is 26.3. The lowest BCUT2D eigenvalue weighted by Crippen LogP contribution is -2.31. The molecule has 0 radical (unpaired) electrons. The number of amides is 2. The first-order chi connectivity index (χ1) is 13.3. The van der Waals surface area contributed by atoms with E-state index in [0.29, 0.717) is 27.7 Å². The molecule has 0 aliphatic carbocycles. The van der Waals surface area contributed by atoms with Gasteiger partial charge in [-0.05, 0) is 49.2 Å². The standard InChI is InChI=1S/C20H15Cl2N3O2S/c1-11-2-5-14(6-3-11)25-19(27)17(28-20(25)15(10-23)18(24)26)9-12-8-13(21)4-7-16(12)22/h2-8,17H,9H2,1H3,(H2,24,26)/b20-15+/t17-/m1/s1. The number of rotatable bonds is 4. The van der Waals surface area contributed by atoms with Gasteiger partial charge in [0.2, 0.25) is 5.91 Å². The van der Waals surface area contributed by atoms with E-state index >= 15 is 0 Å². The van der Waals surface area contributed by atoms with Crippen LogP contribution in [0.3, 0.4) is 0 Å². The highest BCUT2D eigenvalue weighted by molar-refractivity contribution is 8.05. The molecule has 0 unspecified atom stereocenters. The predicted molar refractivity (Wildman–Crippen MR) is 112 cm³/mol. The smallest absolute Gasteiger partial charge is 0.262 e. The number of carbonyl (C=O) groups is 2. The van der Waals surface area contributed by atoms with E-state index in [1.165, 1.54) is 4.90 Å². The van der Waals surface area contributed by atoms with E-state index in [1.807, 2.05) is 25.1 Å². The predicted octanol–water partition coefficient (Wildman–Crippen LogP) is 4.21. The molecule has 2 N–H and O–H groups in total. The van der Waals surface area contributed by atoms with Gasteiger partial charge in [0, 0.05) is 15.7 Å². The van der Waals surface area contributed by atoms with Crippen LogP contribution in [0.5, 0.6) is 0 Å². The van der Waals surface area contributed by atoms with Crippen molar-refractivity contribution in [2.24, 2.45) is 5.73 Å². The Morgan fingerprint density at radius 3 is 2.54 bits per heavy atom. The molecule has 2 aromatic rings. The van der Waals surface area contributed by atoms with Crippen molar-refractivity contribution >= 4 is 52.5 Å². The molecule has 1 atom stereocenters. The van der Waals surface area contributed by atoms with Crippen molar-refractivity contribution in [2.45, 2.75) is 18.6 Å². The molecule has 8 heteroatoms. The van der Waals surface area contributed by atoms with Gasteiger partial charge in [0.1, 0.15) is 16.7 Å². The first kappa shape index (κ1) is 20.3. The second-order valence-corrected chi connectivity index (χ2v) is 8.25. The van der Waals surface area contributed by atoms with Crippen LogP contribution in [0.15, 0.2) is 53.1 Å². The largest absolute Gasteiger partial charge is 0.365 e. The van der Waals surface area contributed by atoms with Crippen LogP contribution in [0.2, 0.25) is 10.0 Å². The summed E-state index contributed by atoms with van der Waals surface area (Å²) in [5.74, 6) is -1.13. The fraction of sp³-hybridized carbons (Fsp3) is 0.150. The van der Waals surface area contributed by atoms with Crippen LogP contribution in [0, 0.1) is 18.3 Å². The maximum atomic E-state index is 13.2. The van der Waals surface area contributed by atoms with Gasteiger partial charge in [-0.3, -0.25) is 14.5 Å². The third-order valence-electron chi connectivity index (χ3n) is 4.23. The third kappa shape index (κ3) is 4.02. The van der Waals surface area contributed by atoms with Gasteiger partial charge in [-0.25, -0.2) is 0 Å². The Hall–Kier alpha value is -2.46. The molecule has 0 spiro atoms. The summed E-state index contributed by atoms with van der Waals surface area (Å²) in [6.07, 6.45) is 0.298. The third-order valence-corrected chi connectivity index (χ3v) is 6.10. The lowest BCUT2D eigenvalue weighted by Gasteiger charge is -2.18. The summed E-state index contributed by atoms with van der Waals surface area (Å²) in [6.45, 7) is 1.93. The minimum absolute atomic E-state index is 0.229. The number of carbonyl (C=O) groups excluding carboxylic acids is 2. The van der Waals surface area contributed by atoms with Crippen LogP contribution in [0.4, 0.5) is 5.69 Å². The Balaban J connectivity index is 2.05. The SMILES string of the molecule is Cc1ccc(N2C(=O)[C@@H](Cc3cc(Cl)ccc3Cl)S/C2=C(\C#N)C(N)=O)cc1. The summed E-state index contributed by atoms with van der Waals surface area (Å²) in [7, 11) is 0. The summed E-state index contributed by atoms with van der Waals surface area (Å²) >= 11 is 13.4. The maximum absolute atomic E-state index is 13.2. The lowest BCUT2D eigenvalue weighted by atomic mass is 10.1. The average molecular weight is 432 g/mol. The fourth-order valence-electron chi connectivity index (χ4n) is 2.83. The summed E-state index contributed by atoms with van der Waals surface area (Å²) in [5, 5.41) is 10.1. The maximum Gasteiger partial charge on any atom is 0.262 e. The van der Waals surface area contributed by atoms with Gasteiger partial charge >= 0.3 is 0 Å². The molecule has 2 amide bonds. The van der Waals surface area contributed by atoms with Crippen molar-refractivity contribution in [3.05, 3.63) is 74.2 Å². The Morgan fingerprint density at radius 1 is 1.25 bits per heavy atom. The number of aryl methyl sites for hydroxylation is 1. The molecule has 3 rings (SSSR count). The first-order valence-electron chi connectivity index (χ1n) is 8.27. The molecule has 1 heterocycles. The van der Waals surface area contributed by atoms with Crippen LogP contribution >= 0.6 is 35.0 Å². The number of nitrogens with two attached hydrogens (primary N) is 1. The molecule has 142 valence electrons. The number of halogens is 2. The van der Waals surface area contributed by atoms with Gasteiger partial charge in [0.25, 0.3) is 5.91 Å². The number of nitriles is 1. The van der Waals surface area contributed by atoms with Crippen LogP contribution in [-0.4, -0.2) is 17.1 Å². The Kier molecular flexibility index (Phi) is 5.99. The highest BCUT2D eigenvalue weighted by Crippen LogP contribution is 2.42. The van der Waals surface area contributed by atoms with E-state index in [9.17, 15) is 14.9 Å². The molecule has 0 saturated carbocycles. The number of primary amides is 1. The van der Waals surface area contributed by atoms with Crippen molar-refractivity contribution in [1.82, 2.24) is 0 Å². The number of thioether (sulfide) groups is 1. The van der Waals surface area contributed by atoms with Gasteiger partial charge in [-0.15, -0.1) is 0 Å². The average Bonchev–Trinajstić information content (AvgIpc) is 2.95. The quantitative estimate of drug-likeness (QED) is 0.579. The summed E-state index contributed by atoms with van der Waals surface area (Å²) < 4.78 is 0. The van der Waals surface area contributed by atoms with E-state index in [2.05, 4.69) is 0 Å². The molecule has 28 heavy (non-hydrogen) atoms. The fourth-order valence-corrected chi connectivity index (χ4v) is 4.52. The van der Waals surface area contributed by atoms with Crippen molar-refractivity contribution in [1.29, 1.82) is 5.26 Å². The van der Waals surface area contributed by atoms with Gasteiger partial charge in [-0.1, -0.05) is 52.7 Å². The van der Waals surface area contributed by atoms with E-state index in [4.69, 9.17) is 28.9 Å². The highest BCUT2D eigenvalue weighted by atomic mass is 35.5. The Morgan fingerprint density at radius 2 is 1.93 bits per heavy atom. The summed E-state index contributed by atoms with van der Waals surface area (Å²) in [6, 6.07) is 14.1. The number of hydrogen-bond acceptors (Lipinski definition) is 4. The Labute approximate surface area is 176 Å². The van der Waals surface area contributed by atoms with E-state index in [0.717, 1.165) is 17.3 Å². The number of anilines is 1. The molecule has 1 fully saturated rings. The minimum atomic E-state index is -0.878. The minimum Gasteiger partial charge on any atom is -0.365 e. The zero-order valence-corrected chi connectivity index (χ0v) is 17.1. The molecule has 1 aliphatic heterocycles. The molecule has 1 aliphatic rings. The second-order valence-electron chi connectivity index (χ2n) is 6.21. The second kappa shape index (κ2) is 8.27. The lowest BCUT2D eigenvalue weighted by molar-refractivity contribution is -0.117. The molecular formula is C20H15Cl2N3O2S. The molecule has 1 saturated heterocycles. The van der Waals surface area contributed by atoms with Crippen molar-refractivity contribution in [3.63, 3.8) is 0 Å². The molecule has 2 aromatic carbocycles. The van der Waals surface area contributed by atoms with Gasteiger partial charge in [0.05, 0.1) is 5.25 Å². The normalized spacial score (nSPS) is 18.1. The first-order valence-corrected chi connectivity index (χ1v) is 9.90. The number of nitrogens with zero attached hydrogens (tertiary/aromatic N) is 2. The van der Waals surface area contributed by atoms with Crippen LogP contribution in [0.25, 0.3) is 0 Å². The van der Waals surface area contributed by atoms with Gasteiger partial charge in [0.15, 0.2) is 0 Å².